The fraction of sp³-hybridized carbons (Fsp3) is 1.00. The normalized spacial score (nSPS) is 11.1. The molecule has 0 unspecified atom stereocenters. The van der Waals surface area contributed by atoms with E-state index in [-0.39, 0.29) is 30.5 Å². The zero-order valence-corrected chi connectivity index (χ0v) is 12.3. The monoisotopic (exact) mass is 328 g/mol. The van der Waals surface area contributed by atoms with Crippen molar-refractivity contribution < 1.29 is 18.9 Å². The predicted octanol–water partition coefficient (Wildman–Crippen LogP) is 0.811. The van der Waals surface area contributed by atoms with Crippen LogP contribution in [0.4, 0.5) is 0 Å². The third-order valence-corrected chi connectivity index (χ3v) is 2.25. The summed E-state index contributed by atoms with van der Waals surface area (Å²) in [7, 11) is -4.73. The smallest absolute Gasteiger partial charge is 0.790 e. The summed E-state index contributed by atoms with van der Waals surface area (Å²) in [5, 5.41) is 0. The van der Waals surface area contributed by atoms with Gasteiger partial charge in [-0.2, -0.15) is 0 Å². The van der Waals surface area contributed by atoms with E-state index in [2.05, 4.69) is 11.4 Å². The first-order valence-electron chi connectivity index (χ1n) is 4.73. The van der Waals surface area contributed by atoms with Crippen LogP contribution in [0.15, 0.2) is 0 Å². The number of rotatable bonds is 8. The van der Waals surface area contributed by atoms with Crippen LogP contribution in [0.25, 0.3) is 0 Å². The van der Waals surface area contributed by atoms with Crippen molar-refractivity contribution in [3.8, 4) is 0 Å². The van der Waals surface area contributed by atoms with Crippen LogP contribution in [0.2, 0.25) is 0 Å². The van der Waals surface area contributed by atoms with Crippen molar-refractivity contribution in [3.05, 3.63) is 0 Å². The van der Waals surface area contributed by atoms with E-state index in [9.17, 15) is 14.4 Å². The van der Waals surface area contributed by atoms with Gasteiger partial charge in [-0.1, -0.05) is 39.0 Å². The SMILES string of the molecule is CCCCCCCCOP(=O)([O-])[O-].[Sn+2]. The second-order valence-electron chi connectivity index (χ2n) is 3.05. The number of phosphoric acid groups is 1. The van der Waals surface area contributed by atoms with E-state index in [0.29, 0.717) is 6.42 Å². The maximum atomic E-state index is 10.0. The van der Waals surface area contributed by atoms with Crippen molar-refractivity contribution in [2.75, 3.05) is 6.61 Å². The first-order chi connectivity index (χ1) is 6.06. The maximum Gasteiger partial charge on any atom is 2.00 e. The van der Waals surface area contributed by atoms with Gasteiger partial charge < -0.3 is 18.9 Å². The van der Waals surface area contributed by atoms with Crippen LogP contribution in [0, 0.1) is 0 Å². The van der Waals surface area contributed by atoms with E-state index in [1.807, 2.05) is 0 Å². The Hall–Kier alpha value is 0.909. The van der Waals surface area contributed by atoms with Gasteiger partial charge in [-0.25, -0.2) is 0 Å². The summed E-state index contributed by atoms with van der Waals surface area (Å²) in [6, 6.07) is 0. The Kier molecular flexibility index (Phi) is 12.9. The first kappa shape index (κ1) is 17.3. The molecule has 0 fully saturated rings. The molecule has 0 aromatic heterocycles. The molecule has 2 radical (unpaired) electrons. The van der Waals surface area contributed by atoms with Gasteiger partial charge in [0.25, 0.3) is 0 Å². The molecule has 14 heavy (non-hydrogen) atoms. The van der Waals surface area contributed by atoms with Crippen molar-refractivity contribution in [2.45, 2.75) is 45.4 Å². The molecule has 4 nitrogen and oxygen atoms in total. The Balaban J connectivity index is 0. The van der Waals surface area contributed by atoms with Gasteiger partial charge in [-0.15, -0.1) is 0 Å². The van der Waals surface area contributed by atoms with Crippen molar-refractivity contribution in [3.63, 3.8) is 0 Å². The molecule has 0 aromatic rings. The molecule has 0 aromatic carbocycles. The maximum absolute atomic E-state index is 10.0. The molecular weight excluding hydrogens is 310 g/mol. The average molecular weight is 327 g/mol. The van der Waals surface area contributed by atoms with E-state index in [0.717, 1.165) is 12.8 Å². The Labute approximate surface area is 103 Å². The van der Waals surface area contributed by atoms with Gasteiger partial charge in [0.15, 0.2) is 0 Å². The topological polar surface area (TPSA) is 72.4 Å². The predicted molar refractivity (Wildman–Crippen MR) is 52.7 cm³/mol. The fourth-order valence-electron chi connectivity index (χ4n) is 1.06. The molecule has 0 aliphatic carbocycles. The molecule has 0 saturated carbocycles. The zero-order valence-electron chi connectivity index (χ0n) is 8.53. The zero-order chi connectivity index (χ0) is 10.2. The van der Waals surface area contributed by atoms with Crippen LogP contribution >= 0.6 is 7.82 Å². The van der Waals surface area contributed by atoms with E-state index in [4.69, 9.17) is 0 Å². The molecule has 0 amide bonds. The quantitative estimate of drug-likeness (QED) is 0.376. The second kappa shape index (κ2) is 10.4. The van der Waals surface area contributed by atoms with Gasteiger partial charge in [0.2, 0.25) is 0 Å². The van der Waals surface area contributed by atoms with Gasteiger partial charge in [-0.3, -0.25) is 0 Å². The molecule has 0 spiro atoms. The molecule has 0 rings (SSSR count). The summed E-state index contributed by atoms with van der Waals surface area (Å²) in [5.74, 6) is 0. The molecule has 0 heterocycles. The largest absolute Gasteiger partial charge is 2.00 e. The van der Waals surface area contributed by atoms with Crippen LogP contribution in [-0.2, 0) is 9.09 Å². The minimum atomic E-state index is -4.73. The number of unbranched alkanes of at least 4 members (excludes halogenated alkanes) is 5. The van der Waals surface area contributed by atoms with E-state index < -0.39 is 7.82 Å². The molecule has 0 bridgehead atoms. The van der Waals surface area contributed by atoms with E-state index in [1.54, 1.807) is 0 Å². The standard InChI is InChI=1S/C8H19O4P.Sn/c1-2-3-4-5-6-7-8-12-13(9,10)11;/h2-8H2,1H3,(H2,9,10,11);/q;+2/p-2. The van der Waals surface area contributed by atoms with Crippen LogP contribution in [0.1, 0.15) is 45.4 Å². The first-order valence-corrected chi connectivity index (χ1v) is 6.19. The number of hydrogen-bond acceptors (Lipinski definition) is 4. The fourth-order valence-corrected chi connectivity index (χ4v) is 1.41. The van der Waals surface area contributed by atoms with Gasteiger partial charge in [0.1, 0.15) is 0 Å². The Bertz CT molecular complexity index is 159. The molecule has 0 aliphatic rings. The van der Waals surface area contributed by atoms with Crippen molar-refractivity contribution >= 4 is 31.7 Å². The van der Waals surface area contributed by atoms with Gasteiger partial charge in [-0.05, 0) is 6.42 Å². The van der Waals surface area contributed by atoms with Crippen molar-refractivity contribution in [1.82, 2.24) is 0 Å². The summed E-state index contributed by atoms with van der Waals surface area (Å²) in [6.07, 6.45) is 6.23. The number of hydrogen-bond donors (Lipinski definition) is 0. The third-order valence-electron chi connectivity index (χ3n) is 1.75. The molecule has 0 N–H and O–H groups in total. The summed E-state index contributed by atoms with van der Waals surface area (Å²) < 4.78 is 14.1. The molecule has 82 valence electrons. The van der Waals surface area contributed by atoms with E-state index in [1.165, 1.54) is 19.3 Å². The van der Waals surface area contributed by atoms with Crippen LogP contribution in [-0.4, -0.2) is 30.5 Å². The van der Waals surface area contributed by atoms with Gasteiger partial charge >= 0.3 is 23.9 Å². The third kappa shape index (κ3) is 15.4. The van der Waals surface area contributed by atoms with Gasteiger partial charge in [0.05, 0.1) is 14.4 Å². The summed E-state index contributed by atoms with van der Waals surface area (Å²) in [6.45, 7) is 2.17. The molecule has 0 saturated heterocycles. The van der Waals surface area contributed by atoms with Crippen LogP contribution in [0.5, 0.6) is 0 Å². The summed E-state index contributed by atoms with van der Waals surface area (Å²) in [5.41, 5.74) is 0. The average Bonchev–Trinajstić information content (AvgIpc) is 2.01. The minimum absolute atomic E-state index is 0. The molecule has 6 heteroatoms. The van der Waals surface area contributed by atoms with Crippen molar-refractivity contribution in [2.24, 2.45) is 0 Å². The van der Waals surface area contributed by atoms with Gasteiger partial charge in [0, 0.05) is 0 Å². The van der Waals surface area contributed by atoms with Crippen molar-refractivity contribution in [1.29, 1.82) is 0 Å². The Morgan fingerprint density at radius 2 is 1.57 bits per heavy atom. The molecule has 0 atom stereocenters. The minimum Gasteiger partial charge on any atom is -0.790 e. The van der Waals surface area contributed by atoms with Crippen LogP contribution < -0.4 is 9.79 Å². The van der Waals surface area contributed by atoms with E-state index >= 15 is 0 Å². The van der Waals surface area contributed by atoms with Crippen LogP contribution in [0.3, 0.4) is 0 Å². The second-order valence-corrected chi connectivity index (χ2v) is 4.20. The Morgan fingerprint density at radius 1 is 1.07 bits per heavy atom. The molecular formula is C8H17O4PSn. The summed E-state index contributed by atoms with van der Waals surface area (Å²) >= 11 is 0. The Morgan fingerprint density at radius 3 is 2.07 bits per heavy atom. The summed E-state index contributed by atoms with van der Waals surface area (Å²) in [4.78, 5) is 20.0. The molecule has 0 aliphatic heterocycles. The number of phosphoric ester groups is 1.